The summed E-state index contributed by atoms with van der Waals surface area (Å²) in [5, 5.41) is 9.32. The molecule has 2 N–H and O–H groups in total. The minimum atomic E-state index is -0.453. The van der Waals surface area contributed by atoms with Crippen molar-refractivity contribution in [2.24, 2.45) is 0 Å². The van der Waals surface area contributed by atoms with Gasteiger partial charge in [0, 0.05) is 18.6 Å². The van der Waals surface area contributed by atoms with Gasteiger partial charge in [0.05, 0.1) is 5.54 Å². The number of nitrogens with one attached hydrogen (secondary N) is 2. The maximum atomic E-state index is 11.9. The Balaban J connectivity index is 2.15. The van der Waals surface area contributed by atoms with Gasteiger partial charge >= 0.3 is 0 Å². The van der Waals surface area contributed by atoms with Crippen molar-refractivity contribution in [1.82, 2.24) is 20.5 Å². The molecule has 0 atom stereocenters. The molecule has 0 aromatic carbocycles. The molecule has 17 heavy (non-hydrogen) atoms. The Morgan fingerprint density at radius 1 is 1.24 bits per heavy atom. The lowest BCUT2D eigenvalue weighted by Crippen LogP contribution is -2.41. The normalized spacial score (nSPS) is 11.2. The standard InChI is InChI=1S/C12H14N4O/c1-12(2,9-3-6-13-7-4-9)15-11(17)10-5-8-14-16-10/h3-8H,1-2H3,(H,14,16)(H,15,17). The molecule has 88 valence electrons. The first-order valence-corrected chi connectivity index (χ1v) is 5.32. The van der Waals surface area contributed by atoms with Crippen LogP contribution in [-0.4, -0.2) is 21.1 Å². The predicted octanol–water partition coefficient (Wildman–Crippen LogP) is 1.47. The van der Waals surface area contributed by atoms with Crippen LogP contribution in [0.15, 0.2) is 36.8 Å². The summed E-state index contributed by atoms with van der Waals surface area (Å²) in [5.41, 5.74) is 0.998. The van der Waals surface area contributed by atoms with E-state index in [9.17, 15) is 4.79 Å². The Kier molecular flexibility index (Phi) is 2.91. The summed E-state index contributed by atoms with van der Waals surface area (Å²) in [6, 6.07) is 5.40. The molecule has 0 aliphatic carbocycles. The number of rotatable bonds is 3. The molecule has 2 aromatic rings. The molecule has 0 aliphatic heterocycles. The van der Waals surface area contributed by atoms with Crippen molar-refractivity contribution < 1.29 is 4.79 Å². The van der Waals surface area contributed by atoms with Gasteiger partial charge in [-0.25, -0.2) is 0 Å². The van der Waals surface area contributed by atoms with Gasteiger partial charge in [-0.1, -0.05) is 0 Å². The van der Waals surface area contributed by atoms with E-state index in [1.807, 2.05) is 26.0 Å². The van der Waals surface area contributed by atoms with E-state index in [2.05, 4.69) is 20.5 Å². The first kappa shape index (κ1) is 11.3. The summed E-state index contributed by atoms with van der Waals surface area (Å²) in [5.74, 6) is -0.177. The summed E-state index contributed by atoms with van der Waals surface area (Å²) >= 11 is 0. The van der Waals surface area contributed by atoms with Crippen LogP contribution >= 0.6 is 0 Å². The van der Waals surface area contributed by atoms with Gasteiger partial charge in [-0.15, -0.1) is 0 Å². The van der Waals surface area contributed by atoms with Crippen LogP contribution in [-0.2, 0) is 5.54 Å². The second-order valence-corrected chi connectivity index (χ2v) is 4.29. The Morgan fingerprint density at radius 3 is 2.53 bits per heavy atom. The smallest absolute Gasteiger partial charge is 0.269 e. The van der Waals surface area contributed by atoms with E-state index in [0.29, 0.717) is 5.69 Å². The average Bonchev–Trinajstić information content (AvgIpc) is 2.83. The zero-order valence-corrected chi connectivity index (χ0v) is 9.77. The van der Waals surface area contributed by atoms with Gasteiger partial charge in [0.25, 0.3) is 5.91 Å². The first-order chi connectivity index (χ1) is 8.09. The highest BCUT2D eigenvalue weighted by atomic mass is 16.2. The topological polar surface area (TPSA) is 70.7 Å². The predicted molar refractivity (Wildman–Crippen MR) is 63.3 cm³/mol. The molecule has 0 radical (unpaired) electrons. The van der Waals surface area contributed by atoms with Gasteiger partial charge in [0.15, 0.2) is 0 Å². The molecule has 0 spiro atoms. The highest BCUT2D eigenvalue weighted by Gasteiger charge is 2.23. The van der Waals surface area contributed by atoms with Crippen LogP contribution < -0.4 is 5.32 Å². The Bertz CT molecular complexity index is 490. The van der Waals surface area contributed by atoms with Gasteiger partial charge in [-0.3, -0.25) is 14.9 Å². The largest absolute Gasteiger partial charge is 0.342 e. The minimum absolute atomic E-state index is 0.177. The van der Waals surface area contributed by atoms with E-state index in [1.54, 1.807) is 24.7 Å². The van der Waals surface area contributed by atoms with Crippen LogP contribution in [0.2, 0.25) is 0 Å². The quantitative estimate of drug-likeness (QED) is 0.838. The molecule has 2 aromatic heterocycles. The van der Waals surface area contributed by atoms with Crippen molar-refractivity contribution in [3.63, 3.8) is 0 Å². The number of pyridine rings is 1. The molecule has 0 bridgehead atoms. The van der Waals surface area contributed by atoms with Crippen molar-refractivity contribution in [2.75, 3.05) is 0 Å². The molecule has 0 fully saturated rings. The maximum absolute atomic E-state index is 11.9. The average molecular weight is 230 g/mol. The molecule has 1 amide bonds. The lowest BCUT2D eigenvalue weighted by atomic mass is 9.95. The third-order valence-electron chi connectivity index (χ3n) is 2.57. The number of hydrogen-bond acceptors (Lipinski definition) is 3. The Morgan fingerprint density at radius 2 is 1.94 bits per heavy atom. The number of hydrogen-bond donors (Lipinski definition) is 2. The Hall–Kier alpha value is -2.17. The molecular weight excluding hydrogens is 216 g/mol. The van der Waals surface area contributed by atoms with E-state index in [-0.39, 0.29) is 5.91 Å². The van der Waals surface area contributed by atoms with E-state index < -0.39 is 5.54 Å². The second-order valence-electron chi connectivity index (χ2n) is 4.29. The van der Waals surface area contributed by atoms with Gasteiger partial charge in [0.1, 0.15) is 5.69 Å². The summed E-state index contributed by atoms with van der Waals surface area (Å²) in [6.45, 7) is 3.88. The van der Waals surface area contributed by atoms with Crippen molar-refractivity contribution in [3.8, 4) is 0 Å². The lowest BCUT2D eigenvalue weighted by Gasteiger charge is -2.26. The third-order valence-corrected chi connectivity index (χ3v) is 2.57. The van der Waals surface area contributed by atoms with E-state index in [4.69, 9.17) is 0 Å². The van der Waals surface area contributed by atoms with Crippen LogP contribution in [0.1, 0.15) is 29.9 Å². The van der Waals surface area contributed by atoms with Crippen molar-refractivity contribution in [1.29, 1.82) is 0 Å². The van der Waals surface area contributed by atoms with E-state index in [1.165, 1.54) is 0 Å². The molecule has 5 nitrogen and oxygen atoms in total. The van der Waals surface area contributed by atoms with Gasteiger partial charge < -0.3 is 5.32 Å². The fraction of sp³-hybridized carbons (Fsp3) is 0.250. The summed E-state index contributed by atoms with van der Waals surface area (Å²) < 4.78 is 0. The van der Waals surface area contributed by atoms with Crippen molar-refractivity contribution in [3.05, 3.63) is 48.0 Å². The van der Waals surface area contributed by atoms with Crippen LogP contribution in [0.5, 0.6) is 0 Å². The van der Waals surface area contributed by atoms with Crippen LogP contribution in [0.4, 0.5) is 0 Å². The van der Waals surface area contributed by atoms with Gasteiger partial charge in [-0.05, 0) is 37.6 Å². The monoisotopic (exact) mass is 230 g/mol. The third kappa shape index (κ3) is 2.50. The molecule has 5 heteroatoms. The Labute approximate surface area is 99.3 Å². The van der Waals surface area contributed by atoms with Crippen molar-refractivity contribution in [2.45, 2.75) is 19.4 Å². The summed E-state index contributed by atoms with van der Waals surface area (Å²) in [6.07, 6.45) is 4.97. The molecule has 0 saturated heterocycles. The highest BCUT2D eigenvalue weighted by Crippen LogP contribution is 2.19. The fourth-order valence-corrected chi connectivity index (χ4v) is 1.57. The first-order valence-electron chi connectivity index (χ1n) is 5.32. The maximum Gasteiger partial charge on any atom is 0.269 e. The number of aromatic nitrogens is 3. The molecule has 0 saturated carbocycles. The number of amides is 1. The van der Waals surface area contributed by atoms with Gasteiger partial charge in [-0.2, -0.15) is 5.10 Å². The van der Waals surface area contributed by atoms with Crippen molar-refractivity contribution >= 4 is 5.91 Å². The zero-order valence-electron chi connectivity index (χ0n) is 9.77. The second kappa shape index (κ2) is 4.37. The SMILES string of the molecule is CC(C)(NC(=O)c1ccn[nH]1)c1ccncc1. The molecule has 2 heterocycles. The number of nitrogens with zero attached hydrogens (tertiary/aromatic N) is 2. The molecule has 0 aliphatic rings. The number of H-pyrrole nitrogens is 1. The highest BCUT2D eigenvalue weighted by molar-refractivity contribution is 5.92. The van der Waals surface area contributed by atoms with E-state index in [0.717, 1.165) is 5.56 Å². The fourth-order valence-electron chi connectivity index (χ4n) is 1.57. The van der Waals surface area contributed by atoms with Crippen LogP contribution in [0.25, 0.3) is 0 Å². The zero-order chi connectivity index (χ0) is 12.3. The lowest BCUT2D eigenvalue weighted by molar-refractivity contribution is 0.0907. The molecule has 2 rings (SSSR count). The number of carbonyl (C=O) groups is 1. The number of aromatic amines is 1. The van der Waals surface area contributed by atoms with Gasteiger partial charge in [0.2, 0.25) is 0 Å². The van der Waals surface area contributed by atoms with E-state index >= 15 is 0 Å². The summed E-state index contributed by atoms with van der Waals surface area (Å²) in [7, 11) is 0. The number of carbonyl (C=O) groups excluding carboxylic acids is 1. The molecule has 0 unspecified atom stereocenters. The summed E-state index contributed by atoms with van der Waals surface area (Å²) in [4.78, 5) is 15.9. The van der Waals surface area contributed by atoms with Crippen LogP contribution in [0, 0.1) is 0 Å². The molecular formula is C12H14N4O. The van der Waals surface area contributed by atoms with Crippen LogP contribution in [0.3, 0.4) is 0 Å². The minimum Gasteiger partial charge on any atom is -0.342 e.